The summed E-state index contributed by atoms with van der Waals surface area (Å²) in [5.74, 6) is -1.05. The number of hydrogen-bond donors (Lipinski definition) is 2. The van der Waals surface area contributed by atoms with Gasteiger partial charge >= 0.3 is 18.2 Å². The molecule has 1 atom stereocenters. The number of amides is 2. The van der Waals surface area contributed by atoms with Crippen molar-refractivity contribution in [2.24, 2.45) is 0 Å². The molecule has 1 saturated heterocycles. The largest absolute Gasteiger partial charge is 0.480 e. The van der Waals surface area contributed by atoms with Gasteiger partial charge in [0.2, 0.25) is 0 Å². The first-order chi connectivity index (χ1) is 8.81. The molecule has 1 fully saturated rings. The fourth-order valence-corrected chi connectivity index (χ4v) is 2.01. The molecule has 0 aromatic heterocycles. The monoisotopic (exact) mass is 282 g/mol. The van der Waals surface area contributed by atoms with Crippen LogP contribution in [-0.2, 0) is 4.79 Å². The molecule has 0 aromatic rings. The SMILES string of the molecule is O=C(O)C1CCCN1C(=O)NCCCCC(F)(F)F. The van der Waals surface area contributed by atoms with Gasteiger partial charge in [0.05, 0.1) is 0 Å². The van der Waals surface area contributed by atoms with E-state index in [0.29, 0.717) is 19.4 Å². The van der Waals surface area contributed by atoms with Crippen LogP contribution in [0.5, 0.6) is 0 Å². The highest BCUT2D eigenvalue weighted by molar-refractivity contribution is 5.83. The lowest BCUT2D eigenvalue weighted by Gasteiger charge is -2.21. The smallest absolute Gasteiger partial charge is 0.389 e. The zero-order valence-electron chi connectivity index (χ0n) is 10.4. The molecule has 0 radical (unpaired) electrons. The number of alkyl halides is 3. The average molecular weight is 282 g/mol. The molecule has 8 heteroatoms. The van der Waals surface area contributed by atoms with E-state index in [4.69, 9.17) is 5.11 Å². The Morgan fingerprint density at radius 3 is 2.58 bits per heavy atom. The maximum absolute atomic E-state index is 11.9. The summed E-state index contributed by atoms with van der Waals surface area (Å²) in [7, 11) is 0. The van der Waals surface area contributed by atoms with Gasteiger partial charge in [-0.25, -0.2) is 9.59 Å². The standard InChI is InChI=1S/C11H17F3N2O3/c12-11(13,14)5-1-2-6-15-10(19)16-7-3-4-8(16)9(17)18/h8H,1-7H2,(H,15,19)(H,17,18). The molecule has 1 aliphatic rings. The number of unbranched alkanes of at least 4 members (excludes halogenated alkanes) is 1. The predicted octanol–water partition coefficient (Wildman–Crippen LogP) is 1.98. The summed E-state index contributed by atoms with van der Waals surface area (Å²) in [4.78, 5) is 23.7. The zero-order valence-corrected chi connectivity index (χ0v) is 10.4. The molecule has 0 saturated carbocycles. The van der Waals surface area contributed by atoms with Gasteiger partial charge in [0, 0.05) is 19.5 Å². The van der Waals surface area contributed by atoms with E-state index in [1.807, 2.05) is 0 Å². The third-order valence-electron chi connectivity index (χ3n) is 2.96. The quantitative estimate of drug-likeness (QED) is 0.757. The molecule has 5 nitrogen and oxygen atoms in total. The van der Waals surface area contributed by atoms with Crippen LogP contribution in [0.15, 0.2) is 0 Å². The second-order valence-electron chi connectivity index (χ2n) is 4.49. The van der Waals surface area contributed by atoms with Gasteiger partial charge in [0.15, 0.2) is 0 Å². The average Bonchev–Trinajstić information content (AvgIpc) is 2.75. The number of urea groups is 1. The van der Waals surface area contributed by atoms with Gasteiger partial charge in [0.1, 0.15) is 6.04 Å². The highest BCUT2D eigenvalue weighted by atomic mass is 19.4. The Bertz CT molecular complexity index is 334. The number of aliphatic carboxylic acids is 1. The predicted molar refractivity (Wildman–Crippen MR) is 60.7 cm³/mol. The van der Waals surface area contributed by atoms with Gasteiger partial charge in [-0.1, -0.05) is 0 Å². The van der Waals surface area contributed by atoms with Crippen molar-refractivity contribution in [1.29, 1.82) is 0 Å². The molecule has 1 aliphatic heterocycles. The van der Waals surface area contributed by atoms with Crippen molar-refractivity contribution >= 4 is 12.0 Å². The van der Waals surface area contributed by atoms with Gasteiger partial charge < -0.3 is 15.3 Å². The van der Waals surface area contributed by atoms with Crippen molar-refractivity contribution in [3.05, 3.63) is 0 Å². The fraction of sp³-hybridized carbons (Fsp3) is 0.818. The molecular weight excluding hydrogens is 265 g/mol. The minimum atomic E-state index is -4.17. The first-order valence-electron chi connectivity index (χ1n) is 6.15. The summed E-state index contributed by atoms with van der Waals surface area (Å²) in [6, 6.07) is -1.34. The normalized spacial score (nSPS) is 19.5. The van der Waals surface area contributed by atoms with E-state index in [9.17, 15) is 22.8 Å². The summed E-state index contributed by atoms with van der Waals surface area (Å²) in [5.41, 5.74) is 0. The van der Waals surface area contributed by atoms with Crippen molar-refractivity contribution in [3.8, 4) is 0 Å². The number of likely N-dealkylation sites (tertiary alicyclic amines) is 1. The first kappa shape index (κ1) is 15.6. The van der Waals surface area contributed by atoms with Crippen molar-refractivity contribution in [1.82, 2.24) is 10.2 Å². The Morgan fingerprint density at radius 1 is 1.32 bits per heavy atom. The number of halogens is 3. The summed E-state index contributed by atoms with van der Waals surface area (Å²) >= 11 is 0. The minimum Gasteiger partial charge on any atom is -0.480 e. The third kappa shape index (κ3) is 5.35. The van der Waals surface area contributed by atoms with Crippen molar-refractivity contribution in [2.75, 3.05) is 13.1 Å². The number of hydrogen-bond acceptors (Lipinski definition) is 2. The van der Waals surface area contributed by atoms with E-state index in [2.05, 4.69) is 5.32 Å². The molecule has 19 heavy (non-hydrogen) atoms. The molecule has 1 heterocycles. The molecule has 1 rings (SSSR count). The topological polar surface area (TPSA) is 69.6 Å². The van der Waals surface area contributed by atoms with E-state index >= 15 is 0 Å². The number of carboxylic acid groups (broad SMARTS) is 1. The van der Waals surface area contributed by atoms with Crippen molar-refractivity contribution in [3.63, 3.8) is 0 Å². The lowest BCUT2D eigenvalue weighted by atomic mass is 10.2. The second-order valence-corrected chi connectivity index (χ2v) is 4.49. The Morgan fingerprint density at radius 2 is 2.00 bits per heavy atom. The zero-order chi connectivity index (χ0) is 14.5. The van der Waals surface area contributed by atoms with Crippen LogP contribution in [0.2, 0.25) is 0 Å². The number of carboxylic acids is 1. The van der Waals surface area contributed by atoms with E-state index in [1.54, 1.807) is 0 Å². The number of nitrogens with zero attached hydrogens (tertiary/aromatic N) is 1. The van der Waals surface area contributed by atoms with Gasteiger partial charge in [0.25, 0.3) is 0 Å². The van der Waals surface area contributed by atoms with Crippen LogP contribution in [-0.4, -0.2) is 47.3 Å². The highest BCUT2D eigenvalue weighted by Gasteiger charge is 2.33. The summed E-state index contributed by atoms with van der Waals surface area (Å²) in [6.45, 7) is 0.489. The molecule has 2 N–H and O–H groups in total. The maximum atomic E-state index is 11.9. The second kappa shape index (κ2) is 6.63. The molecule has 0 aliphatic carbocycles. The summed E-state index contributed by atoms with van der Waals surface area (Å²) < 4.78 is 35.6. The molecule has 1 unspecified atom stereocenters. The van der Waals surface area contributed by atoms with Crippen LogP contribution in [0, 0.1) is 0 Å². The minimum absolute atomic E-state index is 0.0495. The van der Waals surface area contributed by atoms with Crippen LogP contribution in [0.1, 0.15) is 32.1 Å². The summed E-state index contributed by atoms with van der Waals surface area (Å²) in [6.07, 6.45) is -3.84. The number of nitrogens with one attached hydrogen (secondary N) is 1. The molecule has 0 spiro atoms. The van der Waals surface area contributed by atoms with Crippen LogP contribution in [0.3, 0.4) is 0 Å². The van der Waals surface area contributed by atoms with Crippen LogP contribution >= 0.6 is 0 Å². The molecule has 0 aromatic carbocycles. The van der Waals surface area contributed by atoms with E-state index in [0.717, 1.165) is 0 Å². The van der Waals surface area contributed by atoms with Gasteiger partial charge in [-0.3, -0.25) is 0 Å². The Hall–Kier alpha value is -1.47. The first-order valence-corrected chi connectivity index (χ1v) is 6.15. The van der Waals surface area contributed by atoms with Gasteiger partial charge in [-0.05, 0) is 25.7 Å². The molecule has 2 amide bonds. The lowest BCUT2D eigenvalue weighted by Crippen LogP contribution is -2.46. The number of rotatable bonds is 5. The molecular formula is C11H17F3N2O3. The Labute approximate surface area is 108 Å². The van der Waals surface area contributed by atoms with E-state index < -0.39 is 30.6 Å². The van der Waals surface area contributed by atoms with Gasteiger partial charge in [-0.15, -0.1) is 0 Å². The van der Waals surface area contributed by atoms with E-state index in [1.165, 1.54) is 4.90 Å². The molecule has 0 bridgehead atoms. The Balaban J connectivity index is 2.22. The summed E-state index contributed by atoms with van der Waals surface area (Å²) in [5, 5.41) is 11.3. The molecule has 110 valence electrons. The maximum Gasteiger partial charge on any atom is 0.389 e. The van der Waals surface area contributed by atoms with E-state index in [-0.39, 0.29) is 19.4 Å². The van der Waals surface area contributed by atoms with Crippen molar-refractivity contribution in [2.45, 2.75) is 44.3 Å². The lowest BCUT2D eigenvalue weighted by molar-refractivity contribution is -0.141. The van der Waals surface area contributed by atoms with Crippen LogP contribution < -0.4 is 5.32 Å². The van der Waals surface area contributed by atoms with Crippen LogP contribution in [0.25, 0.3) is 0 Å². The third-order valence-corrected chi connectivity index (χ3v) is 2.96. The van der Waals surface area contributed by atoms with Gasteiger partial charge in [-0.2, -0.15) is 13.2 Å². The Kier molecular flexibility index (Phi) is 5.44. The number of carbonyl (C=O) groups is 2. The van der Waals surface area contributed by atoms with Crippen molar-refractivity contribution < 1.29 is 27.9 Å². The number of carbonyl (C=O) groups excluding carboxylic acids is 1. The highest BCUT2D eigenvalue weighted by Crippen LogP contribution is 2.22. The fourth-order valence-electron chi connectivity index (χ4n) is 2.01. The van der Waals surface area contributed by atoms with Crippen LogP contribution in [0.4, 0.5) is 18.0 Å².